The van der Waals surface area contributed by atoms with Gasteiger partial charge in [0, 0.05) is 11.7 Å². The van der Waals surface area contributed by atoms with E-state index in [4.69, 9.17) is 5.73 Å². The summed E-state index contributed by atoms with van der Waals surface area (Å²) >= 11 is 0. The third-order valence-corrected chi connectivity index (χ3v) is 4.67. The van der Waals surface area contributed by atoms with Crippen LogP contribution in [0.3, 0.4) is 0 Å². The Morgan fingerprint density at radius 3 is 2.47 bits per heavy atom. The van der Waals surface area contributed by atoms with Gasteiger partial charge >= 0.3 is 0 Å². The van der Waals surface area contributed by atoms with E-state index in [1.165, 1.54) is 0 Å². The predicted molar refractivity (Wildman–Crippen MR) is 79.6 cm³/mol. The second-order valence-electron chi connectivity index (χ2n) is 4.51. The van der Waals surface area contributed by atoms with E-state index in [1.807, 2.05) is 19.9 Å². The molecule has 0 amide bonds. The van der Waals surface area contributed by atoms with Crippen molar-refractivity contribution in [3.8, 4) is 0 Å². The zero-order chi connectivity index (χ0) is 14.6. The number of nitrogen functional groups attached to an aromatic ring is 1. The van der Waals surface area contributed by atoms with E-state index in [0.29, 0.717) is 17.7 Å². The van der Waals surface area contributed by atoms with Crippen molar-refractivity contribution in [1.29, 1.82) is 0 Å². The Labute approximate surface area is 115 Å². The number of sulfonamides is 1. The molecule has 0 aliphatic rings. The summed E-state index contributed by atoms with van der Waals surface area (Å²) in [4.78, 5) is 0.278. The Morgan fingerprint density at radius 1 is 1.37 bits per heavy atom. The highest BCUT2D eigenvalue weighted by atomic mass is 32.2. The van der Waals surface area contributed by atoms with Crippen LogP contribution in [0.15, 0.2) is 29.7 Å². The lowest BCUT2D eigenvalue weighted by Gasteiger charge is -2.16. The van der Waals surface area contributed by atoms with E-state index in [-0.39, 0.29) is 10.9 Å². The molecule has 0 spiro atoms. The van der Waals surface area contributed by atoms with Crippen LogP contribution in [0.25, 0.3) is 0 Å². The van der Waals surface area contributed by atoms with Crippen LogP contribution in [-0.4, -0.2) is 14.5 Å². The van der Waals surface area contributed by atoms with Crippen LogP contribution in [0.2, 0.25) is 0 Å². The summed E-state index contributed by atoms with van der Waals surface area (Å²) in [6.45, 7) is 9.18. The minimum atomic E-state index is -3.57. The van der Waals surface area contributed by atoms with Gasteiger partial charge in [0.25, 0.3) is 0 Å². The molecule has 0 radical (unpaired) electrons. The van der Waals surface area contributed by atoms with Gasteiger partial charge in [-0.15, -0.1) is 6.58 Å². The summed E-state index contributed by atoms with van der Waals surface area (Å²) in [5, 5.41) is 0. The van der Waals surface area contributed by atoms with E-state index in [1.54, 1.807) is 19.1 Å². The average molecular weight is 282 g/mol. The van der Waals surface area contributed by atoms with Gasteiger partial charge in [-0.1, -0.05) is 19.9 Å². The fourth-order valence-corrected chi connectivity index (χ4v) is 3.51. The number of benzene rings is 1. The Kier molecular flexibility index (Phi) is 5.14. The summed E-state index contributed by atoms with van der Waals surface area (Å²) in [6, 6.07) is 3.23. The van der Waals surface area contributed by atoms with Crippen LogP contribution in [0.5, 0.6) is 0 Å². The summed E-state index contributed by atoms with van der Waals surface area (Å²) in [5.41, 5.74) is 8.08. The van der Waals surface area contributed by atoms with Crippen LogP contribution in [0.1, 0.15) is 31.9 Å². The largest absolute Gasteiger partial charge is 0.398 e. The molecule has 0 bridgehead atoms. The first kappa shape index (κ1) is 15.7. The molecule has 0 aliphatic carbocycles. The third-order valence-electron chi connectivity index (χ3n) is 3.05. The molecular weight excluding hydrogens is 260 g/mol. The molecule has 0 heterocycles. The van der Waals surface area contributed by atoms with E-state index < -0.39 is 10.0 Å². The molecule has 1 aromatic carbocycles. The number of anilines is 1. The number of nitrogens with one attached hydrogen (secondary N) is 1. The Hall–Kier alpha value is -1.33. The van der Waals surface area contributed by atoms with Gasteiger partial charge in [0.2, 0.25) is 10.0 Å². The van der Waals surface area contributed by atoms with Gasteiger partial charge in [0.05, 0.1) is 4.90 Å². The highest BCUT2D eigenvalue weighted by Gasteiger charge is 2.21. The van der Waals surface area contributed by atoms with Gasteiger partial charge in [-0.25, -0.2) is 13.1 Å². The SMILES string of the molecule is C=CC(C)NS(=O)(=O)c1cc(CC)cc(N)c1CC. The molecule has 4 nitrogen and oxygen atoms in total. The van der Waals surface area contributed by atoms with Crippen LogP contribution in [-0.2, 0) is 22.9 Å². The van der Waals surface area contributed by atoms with Gasteiger partial charge in [0.15, 0.2) is 0 Å². The lowest BCUT2D eigenvalue weighted by molar-refractivity contribution is 0.575. The molecule has 1 atom stereocenters. The second kappa shape index (κ2) is 6.21. The van der Waals surface area contributed by atoms with E-state index in [2.05, 4.69) is 11.3 Å². The Morgan fingerprint density at radius 2 is 2.00 bits per heavy atom. The first-order valence-electron chi connectivity index (χ1n) is 6.41. The topological polar surface area (TPSA) is 72.2 Å². The van der Waals surface area contributed by atoms with Crippen LogP contribution >= 0.6 is 0 Å². The molecule has 0 aromatic heterocycles. The fourth-order valence-electron chi connectivity index (χ4n) is 1.90. The molecule has 0 saturated heterocycles. The van der Waals surface area contributed by atoms with E-state index in [9.17, 15) is 8.42 Å². The van der Waals surface area contributed by atoms with Gasteiger partial charge in [-0.2, -0.15) is 0 Å². The molecule has 0 fully saturated rings. The van der Waals surface area contributed by atoms with Gasteiger partial charge in [-0.05, 0) is 43.0 Å². The van der Waals surface area contributed by atoms with Crippen molar-refractivity contribution in [2.24, 2.45) is 0 Å². The highest BCUT2D eigenvalue weighted by molar-refractivity contribution is 7.89. The summed E-state index contributed by atoms with van der Waals surface area (Å²) in [6.07, 6.45) is 2.87. The maximum Gasteiger partial charge on any atom is 0.241 e. The predicted octanol–water partition coefficient (Wildman–Crippen LogP) is 2.25. The van der Waals surface area contributed by atoms with Gasteiger partial charge in [0.1, 0.15) is 0 Å². The van der Waals surface area contributed by atoms with Crippen molar-refractivity contribution in [2.45, 2.75) is 44.6 Å². The first-order chi connectivity index (χ1) is 8.85. The number of nitrogens with two attached hydrogens (primary N) is 1. The summed E-state index contributed by atoms with van der Waals surface area (Å²) in [5.74, 6) is 0. The molecule has 19 heavy (non-hydrogen) atoms. The number of hydrogen-bond donors (Lipinski definition) is 2. The molecule has 0 saturated carbocycles. The maximum atomic E-state index is 12.4. The molecule has 1 aromatic rings. The number of aryl methyl sites for hydroxylation is 1. The average Bonchev–Trinajstić information content (AvgIpc) is 2.36. The van der Waals surface area contributed by atoms with Crippen molar-refractivity contribution in [2.75, 3.05) is 5.73 Å². The lowest BCUT2D eigenvalue weighted by Crippen LogP contribution is -2.31. The molecule has 5 heteroatoms. The highest BCUT2D eigenvalue weighted by Crippen LogP contribution is 2.25. The lowest BCUT2D eigenvalue weighted by atomic mass is 10.1. The van der Waals surface area contributed by atoms with Crippen LogP contribution < -0.4 is 10.5 Å². The Bertz CT molecular complexity index is 565. The fraction of sp³-hybridized carbons (Fsp3) is 0.429. The molecule has 1 rings (SSSR count). The zero-order valence-electron chi connectivity index (χ0n) is 11.7. The minimum Gasteiger partial charge on any atom is -0.398 e. The second-order valence-corrected chi connectivity index (χ2v) is 6.20. The summed E-state index contributed by atoms with van der Waals surface area (Å²) in [7, 11) is -3.57. The van der Waals surface area contributed by atoms with Gasteiger partial charge < -0.3 is 5.73 Å². The normalized spacial score (nSPS) is 13.2. The van der Waals surface area contributed by atoms with Gasteiger partial charge in [-0.3, -0.25) is 0 Å². The molecular formula is C14H22N2O2S. The van der Waals surface area contributed by atoms with Crippen LogP contribution in [0.4, 0.5) is 5.69 Å². The zero-order valence-corrected chi connectivity index (χ0v) is 12.5. The standard InChI is InChI=1S/C14H22N2O2S/c1-5-10(4)16-19(17,18)14-9-11(6-2)8-13(15)12(14)7-3/h5,8-10,16H,1,6-7,15H2,2-4H3. The third kappa shape index (κ3) is 3.58. The van der Waals surface area contributed by atoms with Crippen LogP contribution in [0, 0.1) is 0 Å². The van der Waals surface area contributed by atoms with Crippen molar-refractivity contribution in [3.05, 3.63) is 35.9 Å². The summed E-state index contributed by atoms with van der Waals surface area (Å²) < 4.78 is 27.3. The minimum absolute atomic E-state index is 0.278. The van der Waals surface area contributed by atoms with Crippen molar-refractivity contribution in [1.82, 2.24) is 4.72 Å². The molecule has 106 valence electrons. The maximum absolute atomic E-state index is 12.4. The monoisotopic (exact) mass is 282 g/mol. The molecule has 0 aliphatic heterocycles. The Balaban J connectivity index is 3.39. The number of hydrogen-bond acceptors (Lipinski definition) is 3. The smallest absolute Gasteiger partial charge is 0.241 e. The quantitative estimate of drug-likeness (QED) is 0.621. The van der Waals surface area contributed by atoms with Crippen molar-refractivity contribution in [3.63, 3.8) is 0 Å². The first-order valence-corrected chi connectivity index (χ1v) is 7.90. The molecule has 1 unspecified atom stereocenters. The van der Waals surface area contributed by atoms with Crippen molar-refractivity contribution >= 4 is 15.7 Å². The van der Waals surface area contributed by atoms with Crippen molar-refractivity contribution < 1.29 is 8.42 Å². The number of rotatable bonds is 6. The van der Waals surface area contributed by atoms with E-state index in [0.717, 1.165) is 12.0 Å². The molecule has 3 N–H and O–H groups in total. The van der Waals surface area contributed by atoms with E-state index >= 15 is 0 Å².